The van der Waals surface area contributed by atoms with E-state index >= 15 is 0 Å². The molecule has 2 heterocycles. The van der Waals surface area contributed by atoms with Crippen LogP contribution >= 0.6 is 0 Å². The highest BCUT2D eigenvalue weighted by molar-refractivity contribution is 6.00. The number of nitrogens with one attached hydrogen (secondary N) is 3. The quantitative estimate of drug-likeness (QED) is 0.543. The van der Waals surface area contributed by atoms with Crippen LogP contribution in [-0.4, -0.2) is 34.8 Å². The molecule has 0 atom stereocenters. The van der Waals surface area contributed by atoms with Crippen LogP contribution in [0, 0.1) is 6.92 Å². The van der Waals surface area contributed by atoms with E-state index < -0.39 is 17.6 Å². The van der Waals surface area contributed by atoms with Crippen LogP contribution in [0.5, 0.6) is 5.75 Å². The van der Waals surface area contributed by atoms with Crippen LogP contribution in [0.2, 0.25) is 0 Å². The van der Waals surface area contributed by atoms with Gasteiger partial charge in [-0.15, -0.1) is 0 Å². The highest BCUT2D eigenvalue weighted by atomic mass is 19.4. The fourth-order valence-electron chi connectivity index (χ4n) is 2.94. The molecule has 164 valence electrons. The predicted molar refractivity (Wildman–Crippen MR) is 110 cm³/mol. The highest BCUT2D eigenvalue weighted by Crippen LogP contribution is 2.38. The summed E-state index contributed by atoms with van der Waals surface area (Å²) in [6.45, 7) is 1.76. The molecule has 1 amide bonds. The number of carbonyl (C=O) groups is 1. The lowest BCUT2D eigenvalue weighted by Gasteiger charge is -2.18. The second-order valence-corrected chi connectivity index (χ2v) is 6.66. The smallest absolute Gasteiger partial charge is 0.419 e. The minimum atomic E-state index is -4.66. The van der Waals surface area contributed by atoms with E-state index in [0.29, 0.717) is 17.1 Å². The van der Waals surface area contributed by atoms with Crippen LogP contribution in [0.4, 0.5) is 36.1 Å². The Morgan fingerprint density at radius 3 is 2.45 bits per heavy atom. The Labute approximate surface area is 176 Å². The lowest BCUT2D eigenvalue weighted by atomic mass is 10.1. The monoisotopic (exact) mass is 434 g/mol. The SMILES string of the molecule is CNC(=O)c1cc(OC)ccc1Nc1cc(Nc2cn(C)nc2C)ncc1C(F)(F)F. The third-order valence-corrected chi connectivity index (χ3v) is 4.45. The molecular weight excluding hydrogens is 413 g/mol. The van der Waals surface area contributed by atoms with Gasteiger partial charge in [-0.05, 0) is 25.1 Å². The van der Waals surface area contributed by atoms with Gasteiger partial charge in [-0.25, -0.2) is 4.98 Å². The summed E-state index contributed by atoms with van der Waals surface area (Å²) in [4.78, 5) is 16.1. The molecule has 0 saturated carbocycles. The van der Waals surface area contributed by atoms with Crippen LogP contribution in [0.3, 0.4) is 0 Å². The van der Waals surface area contributed by atoms with Crippen molar-refractivity contribution in [2.24, 2.45) is 7.05 Å². The molecule has 3 rings (SSSR count). The maximum Gasteiger partial charge on any atom is 0.419 e. The second kappa shape index (κ2) is 8.54. The molecule has 0 fully saturated rings. The van der Waals surface area contributed by atoms with Gasteiger partial charge in [0, 0.05) is 32.6 Å². The molecule has 0 aliphatic rings. The fraction of sp³-hybridized carbons (Fsp3) is 0.250. The number of halogens is 3. The number of carbonyl (C=O) groups excluding carboxylic acids is 1. The first-order valence-electron chi connectivity index (χ1n) is 9.14. The number of anilines is 4. The molecule has 3 aromatic rings. The van der Waals surface area contributed by atoms with Gasteiger partial charge in [-0.3, -0.25) is 9.48 Å². The topological polar surface area (TPSA) is 93.1 Å². The molecule has 31 heavy (non-hydrogen) atoms. The van der Waals surface area contributed by atoms with Crippen LogP contribution in [-0.2, 0) is 13.2 Å². The number of methoxy groups -OCH3 is 1. The van der Waals surface area contributed by atoms with Crippen molar-refractivity contribution in [2.45, 2.75) is 13.1 Å². The van der Waals surface area contributed by atoms with E-state index in [1.54, 1.807) is 30.9 Å². The zero-order valence-corrected chi connectivity index (χ0v) is 17.3. The summed E-state index contributed by atoms with van der Waals surface area (Å²) in [5.41, 5.74) is 0.346. The summed E-state index contributed by atoms with van der Waals surface area (Å²) in [6, 6.07) is 5.69. The van der Waals surface area contributed by atoms with Gasteiger partial charge in [0.15, 0.2) is 0 Å². The molecule has 0 spiro atoms. The first-order chi connectivity index (χ1) is 14.6. The third-order valence-electron chi connectivity index (χ3n) is 4.45. The minimum absolute atomic E-state index is 0.129. The molecule has 0 saturated heterocycles. The number of nitrogens with zero attached hydrogens (tertiary/aromatic N) is 3. The van der Waals surface area contributed by atoms with Gasteiger partial charge in [0.1, 0.15) is 11.6 Å². The van der Waals surface area contributed by atoms with Crippen LogP contribution in [0.1, 0.15) is 21.6 Å². The number of pyridine rings is 1. The first kappa shape index (κ1) is 21.9. The summed E-state index contributed by atoms with van der Waals surface area (Å²) in [7, 11) is 4.59. The molecular formula is C20H21F3N6O2. The van der Waals surface area contributed by atoms with Crippen molar-refractivity contribution in [1.29, 1.82) is 0 Å². The van der Waals surface area contributed by atoms with Gasteiger partial charge in [0.2, 0.25) is 0 Å². The summed E-state index contributed by atoms with van der Waals surface area (Å²) in [6.07, 6.45) is -2.23. The Hall–Kier alpha value is -3.76. The van der Waals surface area contributed by atoms with Crippen molar-refractivity contribution in [1.82, 2.24) is 20.1 Å². The Morgan fingerprint density at radius 1 is 1.13 bits per heavy atom. The van der Waals surface area contributed by atoms with Gasteiger partial charge >= 0.3 is 6.18 Å². The average molecular weight is 434 g/mol. The second-order valence-electron chi connectivity index (χ2n) is 6.66. The standard InChI is InChI=1S/C20H21F3N6O2/c1-11-17(10-29(3)28-11)27-18-8-16(14(9-25-18)20(21,22)23)26-15-6-5-12(31-4)7-13(15)19(30)24-2/h5-10H,1-4H3,(H,24,30)(H2,25,26,27). The molecule has 2 aromatic heterocycles. The van der Waals surface area contributed by atoms with E-state index in [2.05, 4.69) is 26.0 Å². The van der Waals surface area contributed by atoms with E-state index in [1.165, 1.54) is 32.4 Å². The minimum Gasteiger partial charge on any atom is -0.497 e. The maximum atomic E-state index is 13.6. The van der Waals surface area contributed by atoms with Crippen molar-refractivity contribution < 1.29 is 22.7 Å². The van der Waals surface area contributed by atoms with Crippen molar-refractivity contribution >= 4 is 28.8 Å². The van der Waals surface area contributed by atoms with Crippen LogP contribution in [0.25, 0.3) is 0 Å². The van der Waals surface area contributed by atoms with Gasteiger partial charge in [0.05, 0.1) is 41.0 Å². The normalized spacial score (nSPS) is 11.2. The zero-order chi connectivity index (χ0) is 22.8. The first-order valence-corrected chi connectivity index (χ1v) is 9.14. The molecule has 0 unspecified atom stereocenters. The summed E-state index contributed by atoms with van der Waals surface area (Å²) in [5, 5.41) is 12.3. The number of aryl methyl sites for hydroxylation is 2. The summed E-state index contributed by atoms with van der Waals surface area (Å²) >= 11 is 0. The average Bonchev–Trinajstić information content (AvgIpc) is 3.03. The maximum absolute atomic E-state index is 13.6. The molecule has 0 radical (unpaired) electrons. The highest BCUT2D eigenvalue weighted by Gasteiger charge is 2.34. The summed E-state index contributed by atoms with van der Waals surface area (Å²) in [5.74, 6) is 0.0966. The van der Waals surface area contributed by atoms with Crippen molar-refractivity contribution in [2.75, 3.05) is 24.8 Å². The Morgan fingerprint density at radius 2 is 1.87 bits per heavy atom. The summed E-state index contributed by atoms with van der Waals surface area (Å²) < 4.78 is 47.5. The number of hydrogen-bond acceptors (Lipinski definition) is 6. The van der Waals surface area contributed by atoms with E-state index in [0.717, 1.165) is 6.20 Å². The van der Waals surface area contributed by atoms with Gasteiger partial charge in [-0.2, -0.15) is 18.3 Å². The molecule has 0 aliphatic carbocycles. The largest absolute Gasteiger partial charge is 0.497 e. The number of benzene rings is 1. The number of rotatable bonds is 6. The number of amides is 1. The van der Waals surface area contributed by atoms with E-state index in [-0.39, 0.29) is 22.8 Å². The molecule has 1 aromatic carbocycles. The van der Waals surface area contributed by atoms with E-state index in [1.807, 2.05) is 0 Å². The number of ether oxygens (including phenoxy) is 1. The van der Waals surface area contributed by atoms with E-state index in [4.69, 9.17) is 4.74 Å². The zero-order valence-electron chi connectivity index (χ0n) is 17.3. The number of aromatic nitrogens is 3. The molecule has 0 bridgehead atoms. The molecule has 8 nitrogen and oxygen atoms in total. The van der Waals surface area contributed by atoms with E-state index in [9.17, 15) is 18.0 Å². The third kappa shape index (κ3) is 4.87. The lowest BCUT2D eigenvalue weighted by Crippen LogP contribution is -2.19. The Kier molecular flexibility index (Phi) is 6.04. The fourth-order valence-corrected chi connectivity index (χ4v) is 2.94. The Bertz CT molecular complexity index is 1110. The van der Waals surface area contributed by atoms with Gasteiger partial charge in [0.25, 0.3) is 5.91 Å². The van der Waals surface area contributed by atoms with Crippen molar-refractivity contribution in [3.8, 4) is 5.75 Å². The van der Waals surface area contributed by atoms with Crippen molar-refractivity contribution in [3.05, 3.63) is 53.5 Å². The number of alkyl halides is 3. The number of hydrogen-bond donors (Lipinski definition) is 3. The van der Waals surface area contributed by atoms with Crippen LogP contribution < -0.4 is 20.7 Å². The van der Waals surface area contributed by atoms with Crippen LogP contribution in [0.15, 0.2) is 36.7 Å². The van der Waals surface area contributed by atoms with Gasteiger partial charge < -0.3 is 20.7 Å². The predicted octanol–water partition coefficient (Wildman–Crippen LogP) is 4.00. The molecule has 0 aliphatic heterocycles. The molecule has 3 N–H and O–H groups in total. The van der Waals surface area contributed by atoms with Crippen molar-refractivity contribution in [3.63, 3.8) is 0 Å². The van der Waals surface area contributed by atoms with Gasteiger partial charge in [-0.1, -0.05) is 0 Å². The molecule has 11 heteroatoms. The lowest BCUT2D eigenvalue weighted by molar-refractivity contribution is -0.137. The Balaban J connectivity index is 2.04.